The highest BCUT2D eigenvalue weighted by atomic mass is 32.2. The van der Waals surface area contributed by atoms with Crippen LogP contribution in [-0.4, -0.2) is 75.7 Å². The standard InChI is InChI=1S/C19H24N4O6S2/c1-8-13-12(9(2)24)16(25)23(13)14(17(26)27)15(8)31-11-5-22(6-11)18-21-10(7-30-18)4-20-19(28)29-3/h7-9,11-13,24H,4-6H2,1-3H3,(H,20,28)(H,26,27)/t8-,9-,12-,13-/m1/s1. The zero-order valence-corrected chi connectivity index (χ0v) is 18.9. The fourth-order valence-electron chi connectivity index (χ4n) is 4.28. The first-order valence-electron chi connectivity index (χ1n) is 9.89. The number of methoxy groups -OCH3 is 1. The number of thioether (sulfide) groups is 1. The topological polar surface area (TPSA) is 132 Å². The number of ether oxygens (including phenoxy) is 1. The number of carboxylic acids is 1. The van der Waals surface area contributed by atoms with Gasteiger partial charge in [0, 0.05) is 34.5 Å². The number of β-lactam (4-membered cyclic amide) rings is 1. The molecular formula is C19H24N4O6S2. The molecule has 0 aliphatic carbocycles. The maximum atomic E-state index is 12.4. The van der Waals surface area contributed by atoms with E-state index in [2.05, 4.69) is 19.9 Å². The van der Waals surface area contributed by atoms with Gasteiger partial charge < -0.3 is 30.1 Å². The second kappa shape index (κ2) is 8.32. The molecule has 4 heterocycles. The molecule has 2 amide bonds. The van der Waals surface area contributed by atoms with E-state index in [1.54, 1.807) is 6.92 Å². The molecule has 3 N–H and O–H groups in total. The lowest BCUT2D eigenvalue weighted by molar-refractivity contribution is -0.163. The number of fused-ring (bicyclic) bond motifs is 1. The third-order valence-electron chi connectivity index (χ3n) is 5.86. The van der Waals surface area contributed by atoms with Crippen molar-refractivity contribution in [2.24, 2.45) is 11.8 Å². The van der Waals surface area contributed by atoms with Crippen molar-refractivity contribution in [3.8, 4) is 0 Å². The zero-order chi connectivity index (χ0) is 22.4. The Hall–Kier alpha value is -2.31. The van der Waals surface area contributed by atoms with Gasteiger partial charge in [0.05, 0.1) is 37.4 Å². The molecule has 2 fully saturated rings. The number of carbonyl (C=O) groups excluding carboxylic acids is 2. The fourth-order valence-corrected chi connectivity index (χ4v) is 6.65. The highest BCUT2D eigenvalue weighted by Crippen LogP contribution is 2.52. The lowest BCUT2D eigenvalue weighted by Crippen LogP contribution is -2.63. The minimum absolute atomic E-state index is 0.0632. The molecule has 0 unspecified atom stereocenters. The minimum Gasteiger partial charge on any atom is -0.477 e. The van der Waals surface area contributed by atoms with Crippen LogP contribution in [0.25, 0.3) is 0 Å². The van der Waals surface area contributed by atoms with Crippen LogP contribution in [0.3, 0.4) is 0 Å². The molecule has 3 aliphatic heterocycles. The highest BCUT2D eigenvalue weighted by Gasteiger charge is 2.60. The Balaban J connectivity index is 1.38. The SMILES string of the molecule is COC(=O)NCc1csc(N2CC(SC3=C(C(=O)O)N4C(=O)[C@H]([C@@H](C)O)[C@H]4[C@H]3C)C2)n1. The second-order valence-electron chi connectivity index (χ2n) is 7.88. The van der Waals surface area contributed by atoms with Crippen LogP contribution in [0.4, 0.5) is 9.93 Å². The number of alkyl carbamates (subject to hydrolysis) is 1. The molecule has 0 radical (unpaired) electrons. The van der Waals surface area contributed by atoms with E-state index in [9.17, 15) is 24.6 Å². The lowest BCUT2D eigenvalue weighted by Gasteiger charge is -2.46. The Bertz CT molecular complexity index is 942. The number of aliphatic carboxylic acids is 1. The number of hydrogen-bond donors (Lipinski definition) is 3. The molecule has 0 bridgehead atoms. The summed E-state index contributed by atoms with van der Waals surface area (Å²) in [5, 5.41) is 25.2. The fraction of sp³-hybridized carbons (Fsp3) is 0.579. The molecular weight excluding hydrogens is 444 g/mol. The van der Waals surface area contributed by atoms with Crippen molar-refractivity contribution < 1.29 is 29.3 Å². The number of hydrogen-bond acceptors (Lipinski definition) is 9. The molecule has 4 rings (SSSR count). The largest absolute Gasteiger partial charge is 0.477 e. The van der Waals surface area contributed by atoms with Gasteiger partial charge >= 0.3 is 12.1 Å². The number of nitrogens with zero attached hydrogens (tertiary/aromatic N) is 3. The van der Waals surface area contributed by atoms with Crippen molar-refractivity contribution in [2.75, 3.05) is 25.1 Å². The number of aromatic nitrogens is 1. The normalized spacial score (nSPS) is 26.3. The molecule has 3 aliphatic rings. The summed E-state index contributed by atoms with van der Waals surface area (Å²) >= 11 is 2.99. The van der Waals surface area contributed by atoms with Crippen LogP contribution in [0, 0.1) is 11.8 Å². The first-order valence-corrected chi connectivity index (χ1v) is 11.6. The molecule has 4 atom stereocenters. The van der Waals surface area contributed by atoms with Gasteiger partial charge in [-0.3, -0.25) is 4.79 Å². The van der Waals surface area contributed by atoms with Gasteiger partial charge in [0.25, 0.3) is 0 Å². The summed E-state index contributed by atoms with van der Waals surface area (Å²) in [5.74, 6) is -2.09. The number of aliphatic hydroxyl groups is 1. The van der Waals surface area contributed by atoms with E-state index in [-0.39, 0.29) is 35.4 Å². The lowest BCUT2D eigenvalue weighted by atomic mass is 9.79. The van der Waals surface area contributed by atoms with Crippen LogP contribution < -0.4 is 10.2 Å². The van der Waals surface area contributed by atoms with Crippen LogP contribution in [0.5, 0.6) is 0 Å². The number of rotatable bonds is 7. The number of carbonyl (C=O) groups is 3. The molecule has 0 spiro atoms. The van der Waals surface area contributed by atoms with E-state index in [1.807, 2.05) is 12.3 Å². The van der Waals surface area contributed by atoms with Gasteiger partial charge in [-0.25, -0.2) is 14.6 Å². The monoisotopic (exact) mass is 468 g/mol. The number of carboxylic acid groups (broad SMARTS) is 1. The molecule has 168 valence electrons. The molecule has 1 aromatic heterocycles. The van der Waals surface area contributed by atoms with E-state index in [1.165, 1.54) is 35.1 Å². The van der Waals surface area contributed by atoms with Gasteiger partial charge in [0.1, 0.15) is 5.70 Å². The Morgan fingerprint density at radius 2 is 2.16 bits per heavy atom. The van der Waals surface area contributed by atoms with Gasteiger partial charge in [-0.05, 0) is 6.92 Å². The number of anilines is 1. The van der Waals surface area contributed by atoms with Gasteiger partial charge in [-0.2, -0.15) is 0 Å². The minimum atomic E-state index is -1.10. The van der Waals surface area contributed by atoms with Gasteiger partial charge in [0.2, 0.25) is 5.91 Å². The Morgan fingerprint density at radius 1 is 1.45 bits per heavy atom. The highest BCUT2D eigenvalue weighted by molar-refractivity contribution is 8.03. The summed E-state index contributed by atoms with van der Waals surface area (Å²) in [4.78, 5) is 44.2. The van der Waals surface area contributed by atoms with Crippen molar-refractivity contribution >= 4 is 46.2 Å². The van der Waals surface area contributed by atoms with Crippen molar-refractivity contribution in [1.82, 2.24) is 15.2 Å². The second-order valence-corrected chi connectivity index (χ2v) is 10.1. The van der Waals surface area contributed by atoms with Crippen LogP contribution >= 0.6 is 23.1 Å². The molecule has 0 saturated carbocycles. The van der Waals surface area contributed by atoms with Crippen LogP contribution in [0.2, 0.25) is 0 Å². The molecule has 10 nitrogen and oxygen atoms in total. The predicted octanol–water partition coefficient (Wildman–Crippen LogP) is 1.07. The average Bonchev–Trinajstić information content (AvgIpc) is 3.23. The van der Waals surface area contributed by atoms with Gasteiger partial charge in [-0.1, -0.05) is 6.92 Å². The van der Waals surface area contributed by atoms with Crippen molar-refractivity contribution in [1.29, 1.82) is 0 Å². The first-order chi connectivity index (χ1) is 14.7. The third kappa shape index (κ3) is 3.76. The molecule has 2 saturated heterocycles. The third-order valence-corrected chi connectivity index (χ3v) is 8.26. The van der Waals surface area contributed by atoms with E-state index < -0.39 is 24.1 Å². The number of thiazole rings is 1. The quantitative estimate of drug-likeness (QED) is 0.503. The van der Waals surface area contributed by atoms with Crippen LogP contribution in [0.15, 0.2) is 16.0 Å². The average molecular weight is 469 g/mol. The predicted molar refractivity (Wildman–Crippen MR) is 115 cm³/mol. The summed E-state index contributed by atoms with van der Waals surface area (Å²) < 4.78 is 4.54. The summed E-state index contributed by atoms with van der Waals surface area (Å²) in [6.07, 6.45) is -1.31. The summed E-state index contributed by atoms with van der Waals surface area (Å²) in [7, 11) is 1.30. The molecule has 31 heavy (non-hydrogen) atoms. The Morgan fingerprint density at radius 3 is 2.77 bits per heavy atom. The van der Waals surface area contributed by atoms with Crippen molar-refractivity contribution in [2.45, 2.75) is 37.8 Å². The van der Waals surface area contributed by atoms with Gasteiger partial charge in [0.15, 0.2) is 5.13 Å². The maximum absolute atomic E-state index is 12.4. The molecule has 1 aromatic rings. The molecule has 0 aromatic carbocycles. The number of nitrogens with one attached hydrogen (secondary N) is 1. The van der Waals surface area contributed by atoms with Crippen molar-refractivity contribution in [3.63, 3.8) is 0 Å². The summed E-state index contributed by atoms with van der Waals surface area (Å²) in [6.45, 7) is 5.21. The molecule has 12 heteroatoms. The Labute approximate surface area is 187 Å². The first kappa shape index (κ1) is 21.9. The van der Waals surface area contributed by atoms with Crippen LogP contribution in [0.1, 0.15) is 19.5 Å². The Kier molecular flexibility index (Phi) is 5.88. The van der Waals surface area contributed by atoms with E-state index in [0.717, 1.165) is 10.8 Å². The zero-order valence-electron chi connectivity index (χ0n) is 17.3. The smallest absolute Gasteiger partial charge is 0.407 e. The maximum Gasteiger partial charge on any atom is 0.407 e. The van der Waals surface area contributed by atoms with E-state index >= 15 is 0 Å². The van der Waals surface area contributed by atoms with E-state index in [0.29, 0.717) is 18.0 Å². The summed E-state index contributed by atoms with van der Waals surface area (Å²) in [6, 6.07) is -0.291. The van der Waals surface area contributed by atoms with Crippen molar-refractivity contribution in [3.05, 3.63) is 21.7 Å². The number of amides is 2. The van der Waals surface area contributed by atoms with Gasteiger partial charge in [-0.15, -0.1) is 23.1 Å². The van der Waals surface area contributed by atoms with E-state index in [4.69, 9.17) is 0 Å². The van der Waals surface area contributed by atoms with Crippen LogP contribution in [-0.2, 0) is 20.9 Å². The summed E-state index contributed by atoms with van der Waals surface area (Å²) in [5.41, 5.74) is 0.808. The number of aliphatic hydroxyl groups excluding tert-OH is 1.